The standard InChI is InChI=1S/C9H21N.C6H6O/c1-4-7-10(8-5-2)9-6-3;7-6-4-2-1-3-5-6/h4-9H2,1-3H3;1-5,7H. The Bertz CT molecular complexity index is 234. The number of hydrogen-bond acceptors (Lipinski definition) is 2. The molecule has 0 spiro atoms. The van der Waals surface area contributed by atoms with E-state index in [4.69, 9.17) is 5.11 Å². The van der Waals surface area contributed by atoms with E-state index in [1.807, 2.05) is 6.07 Å². The maximum absolute atomic E-state index is 8.63. The lowest BCUT2D eigenvalue weighted by Gasteiger charge is -2.19. The van der Waals surface area contributed by atoms with Gasteiger partial charge in [0, 0.05) is 0 Å². The van der Waals surface area contributed by atoms with E-state index in [1.165, 1.54) is 38.9 Å². The molecular formula is C15H27NO. The van der Waals surface area contributed by atoms with Crippen LogP contribution in [0, 0.1) is 0 Å². The van der Waals surface area contributed by atoms with E-state index < -0.39 is 0 Å². The lowest BCUT2D eigenvalue weighted by Crippen LogP contribution is -2.25. The van der Waals surface area contributed by atoms with E-state index in [-0.39, 0.29) is 0 Å². The molecule has 0 aliphatic heterocycles. The highest BCUT2D eigenvalue weighted by Gasteiger charge is 1.98. The van der Waals surface area contributed by atoms with Crippen molar-refractivity contribution >= 4 is 0 Å². The van der Waals surface area contributed by atoms with Gasteiger partial charge in [0.15, 0.2) is 0 Å². The molecule has 0 amide bonds. The molecule has 1 N–H and O–H groups in total. The second-order valence-electron chi connectivity index (χ2n) is 4.18. The van der Waals surface area contributed by atoms with Crippen molar-refractivity contribution in [3.63, 3.8) is 0 Å². The van der Waals surface area contributed by atoms with Gasteiger partial charge in [-0.3, -0.25) is 0 Å². The quantitative estimate of drug-likeness (QED) is 0.811. The van der Waals surface area contributed by atoms with Crippen LogP contribution in [0.5, 0.6) is 5.75 Å². The molecule has 0 saturated heterocycles. The molecule has 0 radical (unpaired) electrons. The minimum absolute atomic E-state index is 0.322. The molecule has 17 heavy (non-hydrogen) atoms. The summed E-state index contributed by atoms with van der Waals surface area (Å²) in [6, 6.07) is 8.71. The fourth-order valence-electron chi connectivity index (χ4n) is 1.71. The number of benzene rings is 1. The van der Waals surface area contributed by atoms with Gasteiger partial charge in [-0.15, -0.1) is 0 Å². The van der Waals surface area contributed by atoms with E-state index in [9.17, 15) is 0 Å². The average Bonchev–Trinajstić information content (AvgIpc) is 2.32. The summed E-state index contributed by atoms with van der Waals surface area (Å²) in [4.78, 5) is 2.54. The molecule has 0 atom stereocenters. The lowest BCUT2D eigenvalue weighted by atomic mass is 10.3. The molecule has 0 bridgehead atoms. The smallest absolute Gasteiger partial charge is 0.115 e. The van der Waals surface area contributed by atoms with Crippen LogP contribution in [0.25, 0.3) is 0 Å². The van der Waals surface area contributed by atoms with Crippen molar-refractivity contribution in [3.8, 4) is 5.75 Å². The summed E-state index contributed by atoms with van der Waals surface area (Å²) in [6.45, 7) is 10.6. The summed E-state index contributed by atoms with van der Waals surface area (Å²) in [7, 11) is 0. The van der Waals surface area contributed by atoms with Gasteiger partial charge in [0.05, 0.1) is 0 Å². The molecule has 0 fully saturated rings. The highest BCUT2D eigenvalue weighted by molar-refractivity contribution is 5.18. The Morgan fingerprint density at radius 3 is 1.47 bits per heavy atom. The fraction of sp³-hybridized carbons (Fsp3) is 0.600. The molecule has 1 aromatic rings. The van der Waals surface area contributed by atoms with Crippen LogP contribution in [0.4, 0.5) is 0 Å². The first-order valence-corrected chi connectivity index (χ1v) is 6.70. The van der Waals surface area contributed by atoms with E-state index >= 15 is 0 Å². The molecule has 1 aromatic carbocycles. The molecule has 0 unspecified atom stereocenters. The van der Waals surface area contributed by atoms with Crippen molar-refractivity contribution in [2.24, 2.45) is 0 Å². The summed E-state index contributed by atoms with van der Waals surface area (Å²) in [5.41, 5.74) is 0. The minimum atomic E-state index is 0.322. The second-order valence-corrected chi connectivity index (χ2v) is 4.18. The SMILES string of the molecule is CCCN(CCC)CCC.Oc1ccccc1. The predicted octanol–water partition coefficient (Wildman–Crippen LogP) is 3.91. The third-order valence-electron chi connectivity index (χ3n) is 2.38. The summed E-state index contributed by atoms with van der Waals surface area (Å²) in [5, 5.41) is 8.63. The molecule has 0 aromatic heterocycles. The third-order valence-corrected chi connectivity index (χ3v) is 2.38. The second kappa shape index (κ2) is 11.5. The zero-order valence-corrected chi connectivity index (χ0v) is 11.5. The number of phenolic OH excluding ortho intramolecular Hbond substituents is 1. The first-order valence-electron chi connectivity index (χ1n) is 6.70. The molecule has 2 nitrogen and oxygen atoms in total. The number of para-hydroxylation sites is 1. The number of hydrogen-bond donors (Lipinski definition) is 1. The highest BCUT2D eigenvalue weighted by Crippen LogP contribution is 2.02. The van der Waals surface area contributed by atoms with Gasteiger partial charge in [-0.25, -0.2) is 0 Å². The molecule has 2 heteroatoms. The van der Waals surface area contributed by atoms with Crippen LogP contribution in [0.3, 0.4) is 0 Å². The van der Waals surface area contributed by atoms with Gasteiger partial charge in [0.2, 0.25) is 0 Å². The number of phenols is 1. The predicted molar refractivity (Wildman–Crippen MR) is 75.4 cm³/mol. The largest absolute Gasteiger partial charge is 0.508 e. The fourth-order valence-corrected chi connectivity index (χ4v) is 1.71. The molecule has 98 valence electrons. The Hall–Kier alpha value is -1.02. The van der Waals surface area contributed by atoms with Crippen LogP contribution < -0.4 is 0 Å². The lowest BCUT2D eigenvalue weighted by molar-refractivity contribution is 0.275. The molecule has 0 aliphatic carbocycles. The summed E-state index contributed by atoms with van der Waals surface area (Å²) in [6.07, 6.45) is 3.88. The van der Waals surface area contributed by atoms with Crippen molar-refractivity contribution < 1.29 is 5.11 Å². The highest BCUT2D eigenvalue weighted by atomic mass is 16.3. The van der Waals surface area contributed by atoms with E-state index in [0.717, 1.165) is 0 Å². The van der Waals surface area contributed by atoms with Crippen molar-refractivity contribution in [2.45, 2.75) is 40.0 Å². The molecular weight excluding hydrogens is 210 g/mol. The Balaban J connectivity index is 0.000000318. The van der Waals surface area contributed by atoms with Crippen LogP contribution in [0.1, 0.15) is 40.0 Å². The van der Waals surface area contributed by atoms with Crippen LogP contribution in [0.15, 0.2) is 30.3 Å². The molecule has 0 saturated carbocycles. The average molecular weight is 237 g/mol. The van der Waals surface area contributed by atoms with Crippen LogP contribution in [-0.2, 0) is 0 Å². The summed E-state index contributed by atoms with van der Waals surface area (Å²) < 4.78 is 0. The third kappa shape index (κ3) is 9.88. The zero-order valence-electron chi connectivity index (χ0n) is 11.5. The van der Waals surface area contributed by atoms with Gasteiger partial charge in [-0.1, -0.05) is 39.0 Å². The van der Waals surface area contributed by atoms with Gasteiger partial charge in [0.1, 0.15) is 5.75 Å². The summed E-state index contributed by atoms with van der Waals surface area (Å²) in [5.74, 6) is 0.322. The van der Waals surface area contributed by atoms with Gasteiger partial charge in [0.25, 0.3) is 0 Å². The van der Waals surface area contributed by atoms with Gasteiger partial charge < -0.3 is 10.0 Å². The zero-order chi connectivity index (χ0) is 12.9. The van der Waals surface area contributed by atoms with Gasteiger partial charge in [-0.05, 0) is 51.0 Å². The van der Waals surface area contributed by atoms with Crippen molar-refractivity contribution in [2.75, 3.05) is 19.6 Å². The van der Waals surface area contributed by atoms with E-state index in [2.05, 4.69) is 25.7 Å². The summed E-state index contributed by atoms with van der Waals surface area (Å²) >= 11 is 0. The van der Waals surface area contributed by atoms with Crippen LogP contribution >= 0.6 is 0 Å². The topological polar surface area (TPSA) is 23.5 Å². The Labute approximate surface area is 106 Å². The number of aromatic hydroxyl groups is 1. The van der Waals surface area contributed by atoms with Crippen molar-refractivity contribution in [1.82, 2.24) is 4.90 Å². The molecule has 0 aliphatic rings. The van der Waals surface area contributed by atoms with Crippen molar-refractivity contribution in [1.29, 1.82) is 0 Å². The van der Waals surface area contributed by atoms with Crippen molar-refractivity contribution in [3.05, 3.63) is 30.3 Å². The Kier molecular flexibility index (Phi) is 10.8. The monoisotopic (exact) mass is 237 g/mol. The van der Waals surface area contributed by atoms with Crippen LogP contribution in [0.2, 0.25) is 0 Å². The first-order chi connectivity index (χ1) is 8.24. The van der Waals surface area contributed by atoms with Gasteiger partial charge >= 0.3 is 0 Å². The normalized spacial score (nSPS) is 9.88. The first kappa shape index (κ1) is 16.0. The Morgan fingerprint density at radius 2 is 1.24 bits per heavy atom. The molecule has 0 heterocycles. The number of nitrogens with zero attached hydrogens (tertiary/aromatic N) is 1. The van der Waals surface area contributed by atoms with E-state index in [0.29, 0.717) is 5.75 Å². The maximum Gasteiger partial charge on any atom is 0.115 e. The van der Waals surface area contributed by atoms with Gasteiger partial charge in [-0.2, -0.15) is 0 Å². The number of rotatable bonds is 6. The van der Waals surface area contributed by atoms with Crippen LogP contribution in [-0.4, -0.2) is 29.6 Å². The molecule has 1 rings (SSSR count). The maximum atomic E-state index is 8.63. The Morgan fingerprint density at radius 1 is 0.824 bits per heavy atom. The van der Waals surface area contributed by atoms with E-state index in [1.54, 1.807) is 24.3 Å². The minimum Gasteiger partial charge on any atom is -0.508 e.